The molecule has 0 saturated carbocycles. The molecule has 0 bridgehead atoms. The van der Waals surface area contributed by atoms with Gasteiger partial charge in [0.1, 0.15) is 5.82 Å². The molecule has 22 heavy (non-hydrogen) atoms. The van der Waals surface area contributed by atoms with E-state index in [1.807, 2.05) is 55.5 Å². The lowest BCUT2D eigenvalue weighted by Gasteiger charge is -2.07. The predicted octanol–water partition coefficient (Wildman–Crippen LogP) is 3.96. The summed E-state index contributed by atoms with van der Waals surface area (Å²) in [5, 5.41) is 5.56. The molecule has 0 aliphatic rings. The molecule has 4 nitrogen and oxygen atoms in total. The summed E-state index contributed by atoms with van der Waals surface area (Å²) in [4.78, 5) is 4.58. The number of hydrogen-bond donors (Lipinski definition) is 2. The zero-order valence-electron chi connectivity index (χ0n) is 12.7. The molecule has 0 radical (unpaired) electrons. The van der Waals surface area contributed by atoms with Gasteiger partial charge in [0, 0.05) is 11.1 Å². The SMILES string of the molecule is C/C(=N\Nc1cc(C)c2ccccc2n1)c1cccc(N)c1. The predicted molar refractivity (Wildman–Crippen MR) is 93.2 cm³/mol. The minimum Gasteiger partial charge on any atom is -0.399 e. The van der Waals surface area contributed by atoms with Gasteiger partial charge in [-0.05, 0) is 49.2 Å². The Kier molecular flexibility index (Phi) is 3.74. The second-order valence-corrected chi connectivity index (χ2v) is 5.28. The molecule has 0 fully saturated rings. The van der Waals surface area contributed by atoms with E-state index in [9.17, 15) is 0 Å². The van der Waals surface area contributed by atoms with E-state index in [0.717, 1.165) is 33.7 Å². The first-order chi connectivity index (χ1) is 10.6. The first-order valence-electron chi connectivity index (χ1n) is 7.16. The molecule has 0 aliphatic carbocycles. The van der Waals surface area contributed by atoms with Crippen molar-refractivity contribution < 1.29 is 0 Å². The van der Waals surface area contributed by atoms with Gasteiger partial charge >= 0.3 is 0 Å². The number of fused-ring (bicyclic) bond motifs is 1. The number of anilines is 2. The highest BCUT2D eigenvalue weighted by atomic mass is 15.3. The lowest BCUT2D eigenvalue weighted by atomic mass is 10.1. The fourth-order valence-corrected chi connectivity index (χ4v) is 2.38. The van der Waals surface area contributed by atoms with Gasteiger partial charge in [-0.3, -0.25) is 5.43 Å². The van der Waals surface area contributed by atoms with Crippen LogP contribution in [-0.4, -0.2) is 10.7 Å². The van der Waals surface area contributed by atoms with E-state index in [1.165, 1.54) is 5.56 Å². The molecular weight excluding hydrogens is 272 g/mol. The maximum Gasteiger partial charge on any atom is 0.147 e. The average Bonchev–Trinajstić information content (AvgIpc) is 2.53. The molecule has 3 N–H and O–H groups in total. The molecule has 3 rings (SSSR count). The molecule has 4 heteroatoms. The third-order valence-electron chi connectivity index (χ3n) is 3.57. The molecule has 110 valence electrons. The number of nitrogens with zero attached hydrogens (tertiary/aromatic N) is 2. The van der Waals surface area contributed by atoms with Crippen LogP contribution in [0.3, 0.4) is 0 Å². The topological polar surface area (TPSA) is 63.3 Å². The van der Waals surface area contributed by atoms with Crippen LogP contribution >= 0.6 is 0 Å². The second kappa shape index (κ2) is 5.85. The second-order valence-electron chi connectivity index (χ2n) is 5.28. The Morgan fingerprint density at radius 1 is 1.09 bits per heavy atom. The Morgan fingerprint density at radius 3 is 2.73 bits per heavy atom. The number of rotatable bonds is 3. The van der Waals surface area contributed by atoms with Crippen LogP contribution in [-0.2, 0) is 0 Å². The fraction of sp³-hybridized carbons (Fsp3) is 0.111. The van der Waals surface area contributed by atoms with Gasteiger partial charge in [0.05, 0.1) is 11.2 Å². The number of nitrogens with one attached hydrogen (secondary N) is 1. The summed E-state index contributed by atoms with van der Waals surface area (Å²) in [7, 11) is 0. The molecule has 0 saturated heterocycles. The summed E-state index contributed by atoms with van der Waals surface area (Å²) in [5.41, 5.74) is 13.5. The van der Waals surface area contributed by atoms with E-state index in [2.05, 4.69) is 28.5 Å². The summed E-state index contributed by atoms with van der Waals surface area (Å²) in [6.07, 6.45) is 0. The normalized spacial score (nSPS) is 11.6. The Balaban J connectivity index is 1.88. The van der Waals surface area contributed by atoms with Crippen molar-refractivity contribution in [2.45, 2.75) is 13.8 Å². The summed E-state index contributed by atoms with van der Waals surface area (Å²) in [5.74, 6) is 0.736. The number of hydrogen-bond acceptors (Lipinski definition) is 4. The van der Waals surface area contributed by atoms with E-state index in [-0.39, 0.29) is 0 Å². The molecule has 3 aromatic rings. The van der Waals surface area contributed by atoms with Crippen molar-refractivity contribution in [3.63, 3.8) is 0 Å². The fourth-order valence-electron chi connectivity index (χ4n) is 2.38. The van der Waals surface area contributed by atoms with Crippen molar-refractivity contribution in [1.82, 2.24) is 4.98 Å². The maximum atomic E-state index is 5.80. The summed E-state index contributed by atoms with van der Waals surface area (Å²) in [6.45, 7) is 4.01. The molecule has 2 aromatic carbocycles. The number of para-hydroxylation sites is 1. The van der Waals surface area contributed by atoms with E-state index < -0.39 is 0 Å². The monoisotopic (exact) mass is 290 g/mol. The van der Waals surface area contributed by atoms with Gasteiger partial charge in [-0.15, -0.1) is 0 Å². The summed E-state index contributed by atoms with van der Waals surface area (Å²) < 4.78 is 0. The molecule has 0 unspecified atom stereocenters. The maximum absolute atomic E-state index is 5.80. The van der Waals surface area contributed by atoms with Crippen LogP contribution in [0.15, 0.2) is 59.7 Å². The van der Waals surface area contributed by atoms with E-state index in [1.54, 1.807) is 0 Å². The van der Waals surface area contributed by atoms with Crippen molar-refractivity contribution in [3.05, 3.63) is 65.7 Å². The van der Waals surface area contributed by atoms with Crippen LogP contribution in [0.25, 0.3) is 10.9 Å². The number of nitrogens with two attached hydrogens (primary N) is 1. The molecular formula is C18H18N4. The van der Waals surface area contributed by atoms with Crippen LogP contribution in [0.4, 0.5) is 11.5 Å². The molecule has 0 spiro atoms. The smallest absolute Gasteiger partial charge is 0.147 e. The molecule has 1 aromatic heterocycles. The van der Waals surface area contributed by atoms with Gasteiger partial charge in [0.2, 0.25) is 0 Å². The first kappa shape index (κ1) is 14.1. The highest BCUT2D eigenvalue weighted by Crippen LogP contribution is 2.19. The van der Waals surface area contributed by atoms with Crippen molar-refractivity contribution in [3.8, 4) is 0 Å². The van der Waals surface area contributed by atoms with E-state index in [4.69, 9.17) is 5.73 Å². The average molecular weight is 290 g/mol. The van der Waals surface area contributed by atoms with Crippen LogP contribution < -0.4 is 11.2 Å². The quantitative estimate of drug-likeness (QED) is 0.436. The molecule has 1 heterocycles. The van der Waals surface area contributed by atoms with Gasteiger partial charge in [-0.1, -0.05) is 30.3 Å². The Labute approximate surface area is 129 Å². The lowest BCUT2D eigenvalue weighted by molar-refractivity contribution is 1.24. The third kappa shape index (κ3) is 2.91. The minimum absolute atomic E-state index is 0.728. The number of aromatic nitrogens is 1. The molecule has 0 atom stereocenters. The Bertz CT molecular complexity index is 853. The largest absolute Gasteiger partial charge is 0.399 e. The van der Waals surface area contributed by atoms with Crippen molar-refractivity contribution >= 4 is 28.1 Å². The molecule has 0 amide bonds. The van der Waals surface area contributed by atoms with E-state index in [0.29, 0.717) is 0 Å². The number of aryl methyl sites for hydroxylation is 1. The van der Waals surface area contributed by atoms with Gasteiger partial charge in [0.25, 0.3) is 0 Å². The highest BCUT2D eigenvalue weighted by molar-refractivity contribution is 5.99. The number of pyridine rings is 1. The Morgan fingerprint density at radius 2 is 1.91 bits per heavy atom. The van der Waals surface area contributed by atoms with Gasteiger partial charge in [-0.2, -0.15) is 5.10 Å². The van der Waals surface area contributed by atoms with Crippen LogP contribution in [0.5, 0.6) is 0 Å². The van der Waals surface area contributed by atoms with Crippen molar-refractivity contribution in [2.75, 3.05) is 11.2 Å². The van der Waals surface area contributed by atoms with Gasteiger partial charge in [0.15, 0.2) is 0 Å². The highest BCUT2D eigenvalue weighted by Gasteiger charge is 2.02. The van der Waals surface area contributed by atoms with Crippen LogP contribution in [0, 0.1) is 6.92 Å². The van der Waals surface area contributed by atoms with Crippen molar-refractivity contribution in [2.24, 2.45) is 5.10 Å². The first-order valence-corrected chi connectivity index (χ1v) is 7.16. The summed E-state index contributed by atoms with van der Waals surface area (Å²) >= 11 is 0. The molecule has 0 aliphatic heterocycles. The lowest BCUT2D eigenvalue weighted by Crippen LogP contribution is -2.02. The Hall–Kier alpha value is -2.88. The van der Waals surface area contributed by atoms with Gasteiger partial charge in [-0.25, -0.2) is 4.98 Å². The van der Waals surface area contributed by atoms with Crippen LogP contribution in [0.2, 0.25) is 0 Å². The third-order valence-corrected chi connectivity index (χ3v) is 3.57. The minimum atomic E-state index is 0.728. The van der Waals surface area contributed by atoms with Gasteiger partial charge < -0.3 is 5.73 Å². The number of benzene rings is 2. The van der Waals surface area contributed by atoms with E-state index >= 15 is 0 Å². The zero-order chi connectivity index (χ0) is 15.5. The standard InChI is InChI=1S/C18H18N4/c1-12-10-18(20-17-9-4-3-8-16(12)17)22-21-13(2)14-6-5-7-15(19)11-14/h3-11H,19H2,1-2H3,(H,20,22)/b21-13+. The van der Waals surface area contributed by atoms with Crippen molar-refractivity contribution in [1.29, 1.82) is 0 Å². The number of hydrazone groups is 1. The van der Waals surface area contributed by atoms with Crippen LogP contribution in [0.1, 0.15) is 18.1 Å². The summed E-state index contributed by atoms with van der Waals surface area (Å²) in [6, 6.07) is 17.7. The number of nitrogen functional groups attached to an aromatic ring is 1. The zero-order valence-corrected chi connectivity index (χ0v) is 12.7.